The number of nitrogens with zero attached hydrogens (tertiary/aromatic N) is 1. The first-order valence-corrected chi connectivity index (χ1v) is 5.63. The van der Waals surface area contributed by atoms with Crippen molar-refractivity contribution in [3.63, 3.8) is 0 Å². The molecule has 0 saturated carbocycles. The quantitative estimate of drug-likeness (QED) is 0.770. The molecule has 84 valence electrons. The summed E-state index contributed by atoms with van der Waals surface area (Å²) in [5, 5.41) is 12.1. The number of rotatable bonds is 4. The molecule has 0 aromatic carbocycles. The highest BCUT2D eigenvalue weighted by molar-refractivity contribution is 4.95. The van der Waals surface area contributed by atoms with Gasteiger partial charge in [0, 0.05) is 12.8 Å². The van der Waals surface area contributed by atoms with E-state index < -0.39 is 0 Å². The van der Waals surface area contributed by atoms with E-state index in [1.54, 1.807) is 6.20 Å². The lowest BCUT2D eigenvalue weighted by Gasteiger charge is -2.20. The van der Waals surface area contributed by atoms with E-state index in [4.69, 9.17) is 9.52 Å². The van der Waals surface area contributed by atoms with Crippen LogP contribution in [-0.4, -0.2) is 29.8 Å². The minimum atomic E-state index is 0.127. The Morgan fingerprint density at radius 3 is 3.00 bits per heavy atom. The molecule has 0 aliphatic carbocycles. The SMILES string of the molecule is OCCc1cnc(CC2CCNCC2)o1. The van der Waals surface area contributed by atoms with Crippen molar-refractivity contribution < 1.29 is 9.52 Å². The lowest BCUT2D eigenvalue weighted by molar-refractivity contribution is 0.282. The van der Waals surface area contributed by atoms with Crippen LogP contribution >= 0.6 is 0 Å². The molecule has 0 radical (unpaired) electrons. The van der Waals surface area contributed by atoms with Gasteiger partial charge in [0.25, 0.3) is 0 Å². The third kappa shape index (κ3) is 3.04. The molecule has 1 aliphatic heterocycles. The Morgan fingerprint density at radius 2 is 2.27 bits per heavy atom. The van der Waals surface area contributed by atoms with Crippen LogP contribution in [0.25, 0.3) is 0 Å². The highest BCUT2D eigenvalue weighted by atomic mass is 16.4. The zero-order valence-corrected chi connectivity index (χ0v) is 8.91. The van der Waals surface area contributed by atoms with Crippen molar-refractivity contribution in [2.24, 2.45) is 5.92 Å². The van der Waals surface area contributed by atoms with Gasteiger partial charge in [-0.3, -0.25) is 0 Å². The first-order valence-electron chi connectivity index (χ1n) is 5.63. The lowest BCUT2D eigenvalue weighted by atomic mass is 9.95. The molecule has 2 heterocycles. The largest absolute Gasteiger partial charge is 0.446 e. The maximum absolute atomic E-state index is 8.75. The van der Waals surface area contributed by atoms with Crippen LogP contribution in [0.4, 0.5) is 0 Å². The van der Waals surface area contributed by atoms with Crippen molar-refractivity contribution in [3.8, 4) is 0 Å². The average Bonchev–Trinajstić information content (AvgIpc) is 2.68. The van der Waals surface area contributed by atoms with Gasteiger partial charge in [-0.05, 0) is 31.8 Å². The maximum Gasteiger partial charge on any atom is 0.194 e. The molecule has 2 rings (SSSR count). The van der Waals surface area contributed by atoms with Gasteiger partial charge in [0.15, 0.2) is 5.89 Å². The molecule has 1 fully saturated rings. The summed E-state index contributed by atoms with van der Waals surface area (Å²) in [7, 11) is 0. The van der Waals surface area contributed by atoms with Crippen LogP contribution in [0.3, 0.4) is 0 Å². The number of aromatic nitrogens is 1. The molecule has 1 aromatic rings. The average molecular weight is 210 g/mol. The Morgan fingerprint density at radius 1 is 1.47 bits per heavy atom. The molecule has 0 amide bonds. The van der Waals surface area contributed by atoms with E-state index in [1.807, 2.05) is 0 Å². The van der Waals surface area contributed by atoms with Gasteiger partial charge in [0.05, 0.1) is 12.8 Å². The second kappa shape index (κ2) is 5.28. The number of hydrogen-bond donors (Lipinski definition) is 2. The summed E-state index contributed by atoms with van der Waals surface area (Å²) in [6.07, 6.45) is 5.65. The molecule has 1 saturated heterocycles. The van der Waals surface area contributed by atoms with Crippen LogP contribution < -0.4 is 5.32 Å². The fraction of sp³-hybridized carbons (Fsp3) is 0.727. The topological polar surface area (TPSA) is 58.3 Å². The summed E-state index contributed by atoms with van der Waals surface area (Å²) >= 11 is 0. The molecule has 0 bridgehead atoms. The lowest BCUT2D eigenvalue weighted by Crippen LogP contribution is -2.28. The molecular weight excluding hydrogens is 192 g/mol. The van der Waals surface area contributed by atoms with Crippen molar-refractivity contribution in [1.82, 2.24) is 10.3 Å². The number of nitrogens with one attached hydrogen (secondary N) is 1. The maximum atomic E-state index is 8.75. The zero-order valence-electron chi connectivity index (χ0n) is 8.91. The Balaban J connectivity index is 1.86. The number of hydrogen-bond acceptors (Lipinski definition) is 4. The smallest absolute Gasteiger partial charge is 0.194 e. The van der Waals surface area contributed by atoms with Crippen LogP contribution in [0.15, 0.2) is 10.6 Å². The molecule has 4 nitrogen and oxygen atoms in total. The Labute approximate surface area is 89.7 Å². The summed E-state index contributed by atoms with van der Waals surface area (Å²) in [5.74, 6) is 2.32. The fourth-order valence-electron chi connectivity index (χ4n) is 2.00. The minimum Gasteiger partial charge on any atom is -0.446 e. The summed E-state index contributed by atoms with van der Waals surface area (Å²) in [6.45, 7) is 2.34. The van der Waals surface area contributed by atoms with Gasteiger partial charge in [0.1, 0.15) is 5.76 Å². The third-order valence-corrected chi connectivity index (χ3v) is 2.88. The van der Waals surface area contributed by atoms with E-state index in [1.165, 1.54) is 12.8 Å². The fourth-order valence-corrected chi connectivity index (χ4v) is 2.00. The Kier molecular flexibility index (Phi) is 3.75. The van der Waals surface area contributed by atoms with Crippen molar-refractivity contribution in [2.75, 3.05) is 19.7 Å². The standard InChI is InChI=1S/C11H18N2O2/c14-6-3-10-8-13-11(15-10)7-9-1-4-12-5-2-9/h8-9,12,14H,1-7H2. The first kappa shape index (κ1) is 10.6. The van der Waals surface area contributed by atoms with Crippen molar-refractivity contribution >= 4 is 0 Å². The van der Waals surface area contributed by atoms with Gasteiger partial charge in [-0.1, -0.05) is 0 Å². The Bertz CT molecular complexity index is 293. The highest BCUT2D eigenvalue weighted by Gasteiger charge is 2.16. The molecule has 0 atom stereocenters. The molecule has 0 unspecified atom stereocenters. The molecule has 0 spiro atoms. The van der Waals surface area contributed by atoms with Gasteiger partial charge in [0.2, 0.25) is 0 Å². The number of piperidine rings is 1. The second-order valence-electron chi connectivity index (χ2n) is 4.09. The van der Waals surface area contributed by atoms with E-state index in [9.17, 15) is 0 Å². The van der Waals surface area contributed by atoms with Crippen molar-refractivity contribution in [1.29, 1.82) is 0 Å². The van der Waals surface area contributed by atoms with E-state index in [0.717, 1.165) is 31.2 Å². The summed E-state index contributed by atoms with van der Waals surface area (Å²) in [5.41, 5.74) is 0. The van der Waals surface area contributed by atoms with Gasteiger partial charge < -0.3 is 14.8 Å². The van der Waals surface area contributed by atoms with Gasteiger partial charge >= 0.3 is 0 Å². The highest BCUT2D eigenvalue weighted by Crippen LogP contribution is 2.17. The summed E-state index contributed by atoms with van der Waals surface area (Å²) in [4.78, 5) is 4.23. The molecule has 2 N–H and O–H groups in total. The number of aliphatic hydroxyl groups is 1. The molecule has 1 aliphatic rings. The summed E-state index contributed by atoms with van der Waals surface area (Å²) in [6, 6.07) is 0. The van der Waals surface area contributed by atoms with Crippen LogP contribution in [0.2, 0.25) is 0 Å². The Hall–Kier alpha value is -0.870. The van der Waals surface area contributed by atoms with Crippen LogP contribution in [0.1, 0.15) is 24.5 Å². The molecular formula is C11H18N2O2. The van der Waals surface area contributed by atoms with E-state index in [2.05, 4.69) is 10.3 Å². The second-order valence-corrected chi connectivity index (χ2v) is 4.09. The third-order valence-electron chi connectivity index (χ3n) is 2.88. The molecule has 15 heavy (non-hydrogen) atoms. The predicted octanol–water partition coefficient (Wildman–Crippen LogP) is 0.751. The predicted molar refractivity (Wildman–Crippen MR) is 56.6 cm³/mol. The molecule has 4 heteroatoms. The van der Waals surface area contributed by atoms with E-state index in [0.29, 0.717) is 12.3 Å². The van der Waals surface area contributed by atoms with Crippen molar-refractivity contribution in [2.45, 2.75) is 25.7 Å². The van der Waals surface area contributed by atoms with E-state index in [-0.39, 0.29) is 6.61 Å². The monoisotopic (exact) mass is 210 g/mol. The normalized spacial score (nSPS) is 18.2. The summed E-state index contributed by atoms with van der Waals surface area (Å²) < 4.78 is 5.54. The molecule has 1 aromatic heterocycles. The van der Waals surface area contributed by atoms with Gasteiger partial charge in [-0.15, -0.1) is 0 Å². The van der Waals surface area contributed by atoms with E-state index >= 15 is 0 Å². The van der Waals surface area contributed by atoms with Gasteiger partial charge in [-0.2, -0.15) is 0 Å². The van der Waals surface area contributed by atoms with Crippen LogP contribution in [0.5, 0.6) is 0 Å². The van der Waals surface area contributed by atoms with Crippen LogP contribution in [0, 0.1) is 5.92 Å². The van der Waals surface area contributed by atoms with Crippen molar-refractivity contribution in [3.05, 3.63) is 17.8 Å². The number of aliphatic hydroxyl groups excluding tert-OH is 1. The zero-order chi connectivity index (χ0) is 10.5. The number of oxazole rings is 1. The first-order chi connectivity index (χ1) is 7.38. The minimum absolute atomic E-state index is 0.127. The van der Waals surface area contributed by atoms with Crippen LogP contribution in [-0.2, 0) is 12.8 Å². The van der Waals surface area contributed by atoms with Gasteiger partial charge in [-0.25, -0.2) is 4.98 Å².